The van der Waals surface area contributed by atoms with Gasteiger partial charge in [0.2, 0.25) is 10.0 Å². The van der Waals surface area contributed by atoms with Gasteiger partial charge in [0, 0.05) is 24.2 Å². The molecule has 0 aliphatic heterocycles. The Morgan fingerprint density at radius 2 is 1.88 bits per heavy atom. The molecule has 0 atom stereocenters. The highest BCUT2D eigenvalue weighted by molar-refractivity contribution is 7.88. The maximum atomic E-state index is 12.7. The molecule has 0 bridgehead atoms. The Hall–Kier alpha value is -2.46. The number of nitrogens with zero attached hydrogens (tertiary/aromatic N) is 3. The van der Waals surface area contributed by atoms with Gasteiger partial charge in [-0.1, -0.05) is 12.1 Å². The van der Waals surface area contributed by atoms with Crippen LogP contribution in [0.25, 0.3) is 16.9 Å². The molecule has 10 heteroatoms. The van der Waals surface area contributed by atoms with Crippen molar-refractivity contribution in [2.75, 3.05) is 6.26 Å². The first-order valence-corrected chi connectivity index (χ1v) is 8.97. The lowest BCUT2D eigenvalue weighted by Crippen LogP contribution is -2.22. The molecular weight excluding hydrogens is 357 g/mol. The molecule has 1 N–H and O–H groups in total. The quantitative estimate of drug-likeness (QED) is 0.765. The minimum absolute atomic E-state index is 0.0411. The van der Waals surface area contributed by atoms with Crippen molar-refractivity contribution in [2.24, 2.45) is 0 Å². The highest BCUT2D eigenvalue weighted by atomic mass is 32.2. The Kier molecular flexibility index (Phi) is 4.25. The van der Waals surface area contributed by atoms with E-state index in [0.717, 1.165) is 18.4 Å². The first kappa shape index (κ1) is 17.4. The van der Waals surface area contributed by atoms with Crippen molar-refractivity contribution >= 4 is 15.7 Å². The van der Waals surface area contributed by atoms with Crippen LogP contribution in [0.5, 0.6) is 0 Å². The van der Waals surface area contributed by atoms with Crippen molar-refractivity contribution < 1.29 is 21.6 Å². The van der Waals surface area contributed by atoms with Crippen LogP contribution in [-0.2, 0) is 22.7 Å². The molecule has 0 unspecified atom stereocenters. The number of halogens is 3. The monoisotopic (exact) mass is 370 g/mol. The first-order chi connectivity index (χ1) is 11.6. The van der Waals surface area contributed by atoms with E-state index in [1.165, 1.54) is 18.3 Å². The van der Waals surface area contributed by atoms with Gasteiger partial charge in [-0.05, 0) is 12.1 Å². The summed E-state index contributed by atoms with van der Waals surface area (Å²) in [5.41, 5.74) is 0.927. The number of imidazole rings is 1. The smallest absolute Gasteiger partial charge is 0.303 e. The average Bonchev–Trinajstić information content (AvgIpc) is 2.99. The van der Waals surface area contributed by atoms with E-state index >= 15 is 0 Å². The summed E-state index contributed by atoms with van der Waals surface area (Å²) in [7, 11) is -3.40. The molecule has 6 nitrogen and oxygen atoms in total. The third kappa shape index (κ3) is 3.97. The molecule has 132 valence electrons. The Morgan fingerprint density at radius 3 is 2.48 bits per heavy atom. The van der Waals surface area contributed by atoms with E-state index in [2.05, 4.69) is 14.7 Å². The second-order valence-electron chi connectivity index (χ2n) is 5.41. The first-order valence-electron chi connectivity index (χ1n) is 7.08. The third-order valence-electron chi connectivity index (χ3n) is 3.43. The molecule has 2 heterocycles. The normalized spacial score (nSPS) is 12.6. The lowest BCUT2D eigenvalue weighted by atomic mass is 10.1. The van der Waals surface area contributed by atoms with Crippen LogP contribution in [0.1, 0.15) is 11.3 Å². The highest BCUT2D eigenvalue weighted by Gasteiger charge is 2.30. The average molecular weight is 370 g/mol. The van der Waals surface area contributed by atoms with E-state index in [9.17, 15) is 21.6 Å². The summed E-state index contributed by atoms with van der Waals surface area (Å²) in [4.78, 5) is 8.50. The summed E-state index contributed by atoms with van der Waals surface area (Å²) in [5.74, 6) is 0. The van der Waals surface area contributed by atoms with Crippen molar-refractivity contribution in [1.82, 2.24) is 19.1 Å². The topological polar surface area (TPSA) is 76.4 Å². The standard InChI is InChI=1S/C15H13F3N4O2S/c1-25(23,24)20-8-12-9-22-7-6-19-14(22)13(21-12)10-2-4-11(5-3-10)15(16,17)18/h2-7,9,20H,8H2,1H3. The largest absolute Gasteiger partial charge is 0.416 e. The second kappa shape index (κ2) is 6.12. The molecule has 0 saturated carbocycles. The number of nitrogens with one attached hydrogen (secondary N) is 1. The van der Waals surface area contributed by atoms with Crippen LogP contribution in [0, 0.1) is 0 Å². The number of benzene rings is 1. The van der Waals surface area contributed by atoms with E-state index in [1.54, 1.807) is 16.8 Å². The van der Waals surface area contributed by atoms with Crippen LogP contribution >= 0.6 is 0 Å². The molecule has 0 radical (unpaired) electrons. The summed E-state index contributed by atoms with van der Waals surface area (Å²) in [6, 6.07) is 4.57. The van der Waals surface area contributed by atoms with Gasteiger partial charge in [-0.15, -0.1) is 0 Å². The second-order valence-corrected chi connectivity index (χ2v) is 7.24. The van der Waals surface area contributed by atoms with Crippen LogP contribution in [0.15, 0.2) is 42.9 Å². The Labute approximate surface area is 141 Å². The molecule has 0 amide bonds. The van der Waals surface area contributed by atoms with E-state index in [0.29, 0.717) is 22.6 Å². The van der Waals surface area contributed by atoms with Gasteiger partial charge in [0.15, 0.2) is 5.65 Å². The fourth-order valence-electron chi connectivity index (χ4n) is 2.28. The van der Waals surface area contributed by atoms with Gasteiger partial charge in [-0.3, -0.25) is 0 Å². The van der Waals surface area contributed by atoms with Gasteiger partial charge in [0.1, 0.15) is 5.69 Å². The van der Waals surface area contributed by atoms with Crippen molar-refractivity contribution in [3.63, 3.8) is 0 Å². The van der Waals surface area contributed by atoms with Crippen LogP contribution in [0.3, 0.4) is 0 Å². The predicted molar refractivity (Wildman–Crippen MR) is 85.1 cm³/mol. The number of aromatic nitrogens is 3. The molecule has 0 aliphatic carbocycles. The van der Waals surface area contributed by atoms with Crippen molar-refractivity contribution in [2.45, 2.75) is 12.7 Å². The Morgan fingerprint density at radius 1 is 1.20 bits per heavy atom. The Bertz CT molecular complexity index is 1010. The molecule has 0 spiro atoms. The molecule has 0 saturated heterocycles. The van der Waals surface area contributed by atoms with Crippen LogP contribution in [0.2, 0.25) is 0 Å². The maximum Gasteiger partial charge on any atom is 0.416 e. The van der Waals surface area contributed by atoms with E-state index in [-0.39, 0.29) is 6.54 Å². The van der Waals surface area contributed by atoms with Gasteiger partial charge in [-0.25, -0.2) is 23.1 Å². The molecule has 25 heavy (non-hydrogen) atoms. The van der Waals surface area contributed by atoms with E-state index < -0.39 is 21.8 Å². The number of rotatable bonds is 4. The van der Waals surface area contributed by atoms with Crippen LogP contribution in [-0.4, -0.2) is 29.0 Å². The molecule has 3 aromatic rings. The maximum absolute atomic E-state index is 12.7. The number of alkyl halides is 3. The summed E-state index contributed by atoms with van der Waals surface area (Å²) in [6.45, 7) is -0.0411. The zero-order chi connectivity index (χ0) is 18.2. The van der Waals surface area contributed by atoms with Gasteiger partial charge < -0.3 is 4.40 Å². The van der Waals surface area contributed by atoms with Crippen molar-refractivity contribution in [3.8, 4) is 11.3 Å². The zero-order valence-electron chi connectivity index (χ0n) is 12.9. The molecule has 0 fully saturated rings. The van der Waals surface area contributed by atoms with Crippen molar-refractivity contribution in [3.05, 3.63) is 54.1 Å². The Balaban J connectivity index is 2.04. The molecule has 0 aliphatic rings. The summed E-state index contributed by atoms with van der Waals surface area (Å²) < 4.78 is 64.6. The highest BCUT2D eigenvalue weighted by Crippen LogP contribution is 2.31. The van der Waals surface area contributed by atoms with Crippen LogP contribution < -0.4 is 4.72 Å². The van der Waals surface area contributed by atoms with Gasteiger partial charge in [-0.2, -0.15) is 13.2 Å². The third-order valence-corrected chi connectivity index (χ3v) is 4.09. The van der Waals surface area contributed by atoms with E-state index in [1.807, 2.05) is 0 Å². The minimum atomic E-state index is -4.42. The summed E-state index contributed by atoms with van der Waals surface area (Å²) in [6.07, 6.45) is 1.39. The van der Waals surface area contributed by atoms with Gasteiger partial charge >= 0.3 is 6.18 Å². The van der Waals surface area contributed by atoms with Crippen molar-refractivity contribution in [1.29, 1.82) is 0 Å². The SMILES string of the molecule is CS(=O)(=O)NCc1cn2ccnc2c(-c2ccc(C(F)(F)F)cc2)n1. The minimum Gasteiger partial charge on any atom is -0.303 e. The number of sulfonamides is 1. The summed E-state index contributed by atoms with van der Waals surface area (Å²) >= 11 is 0. The molecule has 1 aromatic carbocycles. The van der Waals surface area contributed by atoms with Gasteiger partial charge in [0.25, 0.3) is 0 Å². The fraction of sp³-hybridized carbons (Fsp3) is 0.200. The zero-order valence-corrected chi connectivity index (χ0v) is 13.8. The molecular formula is C15H13F3N4O2S. The van der Waals surface area contributed by atoms with Crippen LogP contribution in [0.4, 0.5) is 13.2 Å². The van der Waals surface area contributed by atoms with Gasteiger partial charge in [0.05, 0.1) is 24.1 Å². The number of fused-ring (bicyclic) bond motifs is 1. The predicted octanol–water partition coefficient (Wildman–Crippen LogP) is 2.46. The van der Waals surface area contributed by atoms with E-state index in [4.69, 9.17) is 0 Å². The lowest BCUT2D eigenvalue weighted by molar-refractivity contribution is -0.137. The molecule has 2 aromatic heterocycles. The number of hydrogen-bond acceptors (Lipinski definition) is 4. The number of hydrogen-bond donors (Lipinski definition) is 1. The summed E-state index contributed by atoms with van der Waals surface area (Å²) in [5, 5.41) is 0. The lowest BCUT2D eigenvalue weighted by Gasteiger charge is -2.10. The molecule has 3 rings (SSSR count). The fourth-order valence-corrected chi connectivity index (χ4v) is 2.69.